The van der Waals surface area contributed by atoms with Crippen molar-refractivity contribution in [1.82, 2.24) is 24.7 Å². The standard InChI is InChI=1S/C26H20F3N7O2/c1-15-13-36(14-31-15)20-8-17(26(27,28)29)7-19(9-20)33-24(38)11-23(37)32-18-4-5-21-22(10-18)34-35-25(21)16-3-2-6-30-12-16/h2-10,12-14H,11H2,1H3,(H,32,37)(H,33,38)(H,34,35). The highest BCUT2D eigenvalue weighted by Gasteiger charge is 2.31. The maximum atomic E-state index is 13.5. The first-order valence-electron chi connectivity index (χ1n) is 11.4. The molecular formula is C26H20F3N7O2. The van der Waals surface area contributed by atoms with Crippen LogP contribution in [0.2, 0.25) is 0 Å². The normalized spacial score (nSPS) is 11.5. The molecule has 0 unspecified atom stereocenters. The summed E-state index contributed by atoms with van der Waals surface area (Å²) in [5, 5.41) is 13.0. The Morgan fingerprint density at radius 1 is 1.03 bits per heavy atom. The minimum Gasteiger partial charge on any atom is -0.326 e. The number of alkyl halides is 3. The lowest BCUT2D eigenvalue weighted by molar-refractivity contribution is -0.137. The topological polar surface area (TPSA) is 118 Å². The van der Waals surface area contributed by atoms with Crippen molar-refractivity contribution in [2.45, 2.75) is 19.5 Å². The molecule has 0 saturated carbocycles. The van der Waals surface area contributed by atoms with Gasteiger partial charge in [-0.2, -0.15) is 18.3 Å². The zero-order valence-corrected chi connectivity index (χ0v) is 19.9. The lowest BCUT2D eigenvalue weighted by Gasteiger charge is -2.13. The number of aryl methyl sites for hydroxylation is 1. The Morgan fingerprint density at radius 2 is 1.82 bits per heavy atom. The molecule has 3 heterocycles. The molecule has 0 aliphatic rings. The number of amides is 2. The Morgan fingerprint density at radius 3 is 2.50 bits per heavy atom. The number of nitrogens with one attached hydrogen (secondary N) is 3. The summed E-state index contributed by atoms with van der Waals surface area (Å²) in [5.74, 6) is -1.40. The van der Waals surface area contributed by atoms with E-state index in [4.69, 9.17) is 0 Å². The number of benzene rings is 2. The van der Waals surface area contributed by atoms with Crippen molar-refractivity contribution in [3.05, 3.63) is 84.7 Å². The molecule has 0 saturated heterocycles. The summed E-state index contributed by atoms with van der Waals surface area (Å²) in [4.78, 5) is 33.1. The van der Waals surface area contributed by atoms with E-state index in [1.165, 1.54) is 17.0 Å². The van der Waals surface area contributed by atoms with Gasteiger partial charge in [-0.05, 0) is 55.5 Å². The Kier molecular flexibility index (Phi) is 6.37. The number of imidazole rings is 1. The first-order valence-corrected chi connectivity index (χ1v) is 11.4. The van der Waals surface area contributed by atoms with E-state index >= 15 is 0 Å². The van der Waals surface area contributed by atoms with Crippen molar-refractivity contribution in [2.75, 3.05) is 10.6 Å². The number of aromatic nitrogens is 5. The van der Waals surface area contributed by atoms with Gasteiger partial charge in [-0.1, -0.05) is 0 Å². The Labute approximate surface area is 213 Å². The van der Waals surface area contributed by atoms with Crippen molar-refractivity contribution < 1.29 is 22.8 Å². The molecule has 0 spiro atoms. The number of aromatic amines is 1. The monoisotopic (exact) mass is 519 g/mol. The van der Waals surface area contributed by atoms with E-state index in [0.717, 1.165) is 23.1 Å². The summed E-state index contributed by atoms with van der Waals surface area (Å²) in [6.07, 6.45) is 1.05. The second kappa shape index (κ2) is 9.81. The average Bonchev–Trinajstić information content (AvgIpc) is 3.49. The van der Waals surface area contributed by atoms with E-state index in [-0.39, 0.29) is 11.4 Å². The second-order valence-corrected chi connectivity index (χ2v) is 8.54. The Balaban J connectivity index is 1.28. The third-order valence-corrected chi connectivity index (χ3v) is 5.64. The van der Waals surface area contributed by atoms with Gasteiger partial charge in [0, 0.05) is 46.6 Å². The van der Waals surface area contributed by atoms with Gasteiger partial charge < -0.3 is 15.2 Å². The summed E-state index contributed by atoms with van der Waals surface area (Å²) in [7, 11) is 0. The van der Waals surface area contributed by atoms with E-state index in [0.29, 0.717) is 22.6 Å². The van der Waals surface area contributed by atoms with Crippen molar-refractivity contribution in [3.63, 3.8) is 0 Å². The van der Waals surface area contributed by atoms with Crippen LogP contribution in [0.5, 0.6) is 0 Å². The Bertz CT molecular complexity index is 1640. The minimum atomic E-state index is -4.63. The van der Waals surface area contributed by atoms with Crippen LogP contribution in [0, 0.1) is 6.92 Å². The molecule has 0 radical (unpaired) electrons. The average molecular weight is 519 g/mol. The minimum absolute atomic E-state index is 0.0965. The quantitative estimate of drug-likeness (QED) is 0.270. The molecule has 3 aromatic heterocycles. The van der Waals surface area contributed by atoms with Gasteiger partial charge in [0.2, 0.25) is 11.8 Å². The van der Waals surface area contributed by atoms with Crippen LogP contribution >= 0.6 is 0 Å². The van der Waals surface area contributed by atoms with Gasteiger partial charge in [0.05, 0.1) is 23.1 Å². The van der Waals surface area contributed by atoms with Crippen LogP contribution in [-0.2, 0) is 15.8 Å². The summed E-state index contributed by atoms with van der Waals surface area (Å²) >= 11 is 0. The molecule has 12 heteroatoms. The van der Waals surface area contributed by atoms with Crippen LogP contribution < -0.4 is 10.6 Å². The number of halogens is 3. The van der Waals surface area contributed by atoms with Gasteiger partial charge in [0.1, 0.15) is 12.1 Å². The summed E-state index contributed by atoms with van der Waals surface area (Å²) in [6.45, 7) is 1.70. The fraction of sp³-hybridized carbons (Fsp3) is 0.115. The zero-order chi connectivity index (χ0) is 26.9. The second-order valence-electron chi connectivity index (χ2n) is 8.54. The molecule has 2 aromatic carbocycles. The van der Waals surface area contributed by atoms with Gasteiger partial charge in [0.15, 0.2) is 0 Å². The van der Waals surface area contributed by atoms with Gasteiger partial charge in [0.25, 0.3) is 0 Å². The summed E-state index contributed by atoms with van der Waals surface area (Å²) in [5.41, 5.74) is 2.36. The van der Waals surface area contributed by atoms with Crippen molar-refractivity contribution in [3.8, 4) is 16.9 Å². The fourth-order valence-electron chi connectivity index (χ4n) is 3.93. The number of carbonyl (C=O) groups excluding carboxylic acids is 2. The van der Waals surface area contributed by atoms with Crippen LogP contribution in [0.25, 0.3) is 27.8 Å². The van der Waals surface area contributed by atoms with Crippen molar-refractivity contribution in [1.29, 1.82) is 0 Å². The van der Waals surface area contributed by atoms with Crippen LogP contribution in [0.3, 0.4) is 0 Å². The predicted octanol–water partition coefficient (Wildman–Crippen LogP) is 5.11. The highest BCUT2D eigenvalue weighted by atomic mass is 19.4. The molecule has 0 aliphatic heterocycles. The fourth-order valence-corrected chi connectivity index (χ4v) is 3.93. The molecule has 3 N–H and O–H groups in total. The number of fused-ring (bicyclic) bond motifs is 1. The van der Waals surface area contributed by atoms with Gasteiger partial charge in [-0.3, -0.25) is 19.7 Å². The van der Waals surface area contributed by atoms with Crippen LogP contribution in [-0.4, -0.2) is 36.5 Å². The number of carbonyl (C=O) groups is 2. The number of nitrogens with zero attached hydrogens (tertiary/aromatic N) is 4. The number of hydrogen-bond acceptors (Lipinski definition) is 5. The largest absolute Gasteiger partial charge is 0.416 e. The third kappa shape index (κ3) is 5.38. The van der Waals surface area contributed by atoms with E-state index in [2.05, 4.69) is 30.8 Å². The molecule has 38 heavy (non-hydrogen) atoms. The van der Waals surface area contributed by atoms with E-state index in [1.54, 1.807) is 49.8 Å². The smallest absolute Gasteiger partial charge is 0.326 e. The maximum Gasteiger partial charge on any atom is 0.416 e. The van der Waals surface area contributed by atoms with Gasteiger partial charge >= 0.3 is 6.18 Å². The van der Waals surface area contributed by atoms with Crippen LogP contribution in [0.15, 0.2) is 73.4 Å². The predicted molar refractivity (Wildman–Crippen MR) is 135 cm³/mol. The molecule has 0 aliphatic carbocycles. The molecule has 9 nitrogen and oxygen atoms in total. The van der Waals surface area contributed by atoms with Crippen LogP contribution in [0.4, 0.5) is 24.5 Å². The molecule has 0 fully saturated rings. The van der Waals surface area contributed by atoms with E-state index in [1.807, 2.05) is 6.07 Å². The lowest BCUT2D eigenvalue weighted by atomic mass is 10.1. The third-order valence-electron chi connectivity index (χ3n) is 5.64. The first-order chi connectivity index (χ1) is 18.2. The SMILES string of the molecule is Cc1cn(-c2cc(NC(=O)CC(=O)Nc3ccc4c(-c5cccnc5)n[nH]c4c3)cc(C(F)(F)F)c2)cn1. The lowest BCUT2D eigenvalue weighted by Crippen LogP contribution is -2.21. The summed E-state index contributed by atoms with van der Waals surface area (Å²) < 4.78 is 41.8. The number of pyridine rings is 1. The number of hydrogen-bond donors (Lipinski definition) is 3. The molecule has 5 rings (SSSR count). The number of rotatable bonds is 6. The highest BCUT2D eigenvalue weighted by Crippen LogP contribution is 2.33. The molecule has 0 atom stereocenters. The maximum absolute atomic E-state index is 13.5. The zero-order valence-electron chi connectivity index (χ0n) is 19.9. The van der Waals surface area contributed by atoms with Gasteiger partial charge in [-0.15, -0.1) is 0 Å². The number of H-pyrrole nitrogens is 1. The van der Waals surface area contributed by atoms with Gasteiger partial charge in [-0.25, -0.2) is 4.98 Å². The highest BCUT2D eigenvalue weighted by molar-refractivity contribution is 6.08. The molecular weight excluding hydrogens is 499 g/mol. The molecule has 0 bridgehead atoms. The van der Waals surface area contributed by atoms with Crippen LogP contribution in [0.1, 0.15) is 17.7 Å². The van der Waals surface area contributed by atoms with Crippen molar-refractivity contribution in [2.24, 2.45) is 0 Å². The molecule has 2 amide bonds. The molecule has 5 aromatic rings. The Hall–Kier alpha value is -5.00. The van der Waals surface area contributed by atoms with E-state index < -0.39 is 30.0 Å². The van der Waals surface area contributed by atoms with E-state index in [9.17, 15) is 22.8 Å². The number of anilines is 2. The first kappa shape index (κ1) is 24.7. The molecule has 192 valence electrons. The van der Waals surface area contributed by atoms with Crippen molar-refractivity contribution >= 4 is 34.1 Å². The summed E-state index contributed by atoms with van der Waals surface area (Å²) in [6, 6.07) is 11.9.